The molecule has 5 aliphatic rings. The lowest BCUT2D eigenvalue weighted by Gasteiger charge is -2.37. The highest BCUT2D eigenvalue weighted by atomic mass is 16.7. The van der Waals surface area contributed by atoms with Gasteiger partial charge in [0.15, 0.2) is 0 Å². The molecule has 3 saturated heterocycles. The molecule has 3 fully saturated rings. The Kier molecular flexibility index (Phi) is 7.52. The molecule has 0 amide bonds. The van der Waals surface area contributed by atoms with Gasteiger partial charge in [-0.25, -0.2) is 0 Å². The fourth-order valence-corrected chi connectivity index (χ4v) is 9.84. The Morgan fingerprint density at radius 3 is 1.59 bits per heavy atom. The van der Waals surface area contributed by atoms with E-state index in [1.165, 1.54) is 60.8 Å². The SMILES string of the molecule is CC1(C)OB(B2OC(C)(C)C(C)(Cc3cccc4cc5c(cc34)-c3ccccc3C53c4ccccc4-c4ccc(B5OC(C)(C)C(C)(C)O5)cc43)O2)OC1(C)C. The van der Waals surface area contributed by atoms with Gasteiger partial charge in [0.1, 0.15) is 0 Å². The lowest BCUT2D eigenvalue weighted by atomic mass is 9.49. The van der Waals surface area contributed by atoms with Crippen LogP contribution in [0.25, 0.3) is 33.0 Å². The summed E-state index contributed by atoms with van der Waals surface area (Å²) in [6.07, 6.45) is 0.655. The van der Waals surface area contributed by atoms with E-state index in [1.807, 2.05) is 0 Å². The van der Waals surface area contributed by atoms with Crippen LogP contribution in [0, 0.1) is 0 Å². The van der Waals surface area contributed by atoms with Gasteiger partial charge in [-0.05, 0) is 155 Å². The average molecular weight is 744 g/mol. The summed E-state index contributed by atoms with van der Waals surface area (Å²) < 4.78 is 39.6. The maximum atomic E-state index is 6.88. The molecule has 10 rings (SSSR count). The molecular weight excluding hydrogens is 693 g/mol. The lowest BCUT2D eigenvalue weighted by molar-refractivity contribution is -0.00854. The van der Waals surface area contributed by atoms with Crippen molar-refractivity contribution in [2.24, 2.45) is 0 Å². The van der Waals surface area contributed by atoms with Gasteiger partial charge < -0.3 is 27.9 Å². The molecule has 2 atom stereocenters. The van der Waals surface area contributed by atoms with Crippen LogP contribution in [-0.4, -0.2) is 54.7 Å². The summed E-state index contributed by atoms with van der Waals surface area (Å²) in [7, 11) is -1.73. The predicted octanol–water partition coefficient (Wildman–Crippen LogP) is 9.27. The van der Waals surface area contributed by atoms with Gasteiger partial charge in [0.2, 0.25) is 0 Å². The second-order valence-corrected chi connectivity index (χ2v) is 19.4. The van der Waals surface area contributed by atoms with E-state index in [-0.39, 0.29) is 0 Å². The third kappa shape index (κ3) is 4.82. The van der Waals surface area contributed by atoms with Crippen LogP contribution in [0.1, 0.15) is 104 Å². The van der Waals surface area contributed by atoms with Gasteiger partial charge in [-0.3, -0.25) is 0 Å². The largest absolute Gasteiger partial charge is 0.494 e. The standard InChI is InChI=1S/C47H51B3O6/c1-41(2)42(3,4)52-48(51-41)31-23-24-34-32-19-12-14-21-37(32)47(40(34)26-31)38-22-15-13-20-33(38)36-27-35-29(25-39(36)47)17-16-18-30(35)28-46(11)45(9,10)55-50(56-46)49-53-43(5,6)44(7,8)54-49/h12-27H,28H2,1-11H3. The molecule has 56 heavy (non-hydrogen) atoms. The molecular formula is C47H51B3O6. The van der Waals surface area contributed by atoms with Crippen molar-refractivity contribution in [3.05, 3.63) is 125 Å². The third-order valence-electron chi connectivity index (χ3n) is 14.8. The number of rotatable bonds is 4. The summed E-state index contributed by atoms with van der Waals surface area (Å²) in [5.74, 6) is 0. The minimum atomic E-state index is -0.652. The predicted molar refractivity (Wildman–Crippen MR) is 226 cm³/mol. The minimum Gasteiger partial charge on any atom is -0.405 e. The summed E-state index contributed by atoms with van der Waals surface area (Å²) in [6, 6.07) is 36.3. The van der Waals surface area contributed by atoms with Crippen molar-refractivity contribution in [2.75, 3.05) is 0 Å². The monoisotopic (exact) mass is 744 g/mol. The topological polar surface area (TPSA) is 55.4 Å². The van der Waals surface area contributed by atoms with Gasteiger partial charge in [-0.15, -0.1) is 0 Å². The maximum absolute atomic E-state index is 6.88. The number of hydrogen-bond acceptors (Lipinski definition) is 6. The number of hydrogen-bond donors (Lipinski definition) is 0. The fourth-order valence-electron chi connectivity index (χ4n) is 9.84. The second kappa shape index (κ2) is 11.5. The van der Waals surface area contributed by atoms with Crippen LogP contribution in [0.2, 0.25) is 0 Å². The maximum Gasteiger partial charge on any atom is 0.494 e. The first kappa shape index (κ1) is 36.6. The average Bonchev–Trinajstić information content (AvgIpc) is 3.81. The Labute approximate surface area is 333 Å². The summed E-state index contributed by atoms with van der Waals surface area (Å²) in [6.45, 7) is 23.1. The Hall–Kier alpha value is -3.69. The minimum absolute atomic E-state index is 0.435. The van der Waals surface area contributed by atoms with E-state index in [2.05, 4.69) is 173 Å². The summed E-state index contributed by atoms with van der Waals surface area (Å²) >= 11 is 0. The van der Waals surface area contributed by atoms with Crippen molar-refractivity contribution >= 4 is 37.4 Å². The van der Waals surface area contributed by atoms with Gasteiger partial charge >= 0.3 is 21.1 Å². The Morgan fingerprint density at radius 2 is 0.946 bits per heavy atom. The summed E-state index contributed by atoms with van der Waals surface area (Å²) in [5, 5.41) is 2.42. The van der Waals surface area contributed by atoms with E-state index in [1.54, 1.807) is 0 Å². The highest BCUT2D eigenvalue weighted by molar-refractivity contribution is 7.11. The van der Waals surface area contributed by atoms with Gasteiger partial charge in [0, 0.05) is 6.42 Å². The highest BCUT2D eigenvalue weighted by Crippen LogP contribution is 2.63. The molecule has 9 heteroatoms. The van der Waals surface area contributed by atoms with Crippen LogP contribution in [-0.2, 0) is 39.8 Å². The summed E-state index contributed by atoms with van der Waals surface area (Å²) in [4.78, 5) is 0. The Bertz CT molecular complexity index is 2440. The van der Waals surface area contributed by atoms with Gasteiger partial charge in [-0.1, -0.05) is 84.9 Å². The van der Waals surface area contributed by atoms with Gasteiger partial charge in [-0.2, -0.15) is 0 Å². The molecule has 5 aromatic carbocycles. The van der Waals surface area contributed by atoms with Crippen molar-refractivity contribution in [2.45, 2.75) is 122 Å². The van der Waals surface area contributed by atoms with Crippen molar-refractivity contribution < 1.29 is 27.9 Å². The molecule has 6 nitrogen and oxygen atoms in total. The van der Waals surface area contributed by atoms with Crippen LogP contribution in [0.3, 0.4) is 0 Å². The van der Waals surface area contributed by atoms with Crippen LogP contribution < -0.4 is 5.46 Å². The molecule has 0 bridgehead atoms. The molecule has 0 N–H and O–H groups in total. The van der Waals surface area contributed by atoms with E-state index < -0.39 is 60.2 Å². The lowest BCUT2D eigenvalue weighted by Crippen LogP contribution is -2.46. The fraction of sp³-hybridized carbons (Fsp3) is 0.404. The molecule has 0 radical (unpaired) electrons. The molecule has 284 valence electrons. The molecule has 0 aromatic heterocycles. The van der Waals surface area contributed by atoms with Gasteiger partial charge in [0.05, 0.1) is 39.0 Å². The zero-order valence-corrected chi connectivity index (χ0v) is 34.6. The van der Waals surface area contributed by atoms with Crippen molar-refractivity contribution in [3.8, 4) is 22.3 Å². The first-order valence-corrected chi connectivity index (χ1v) is 20.3. The number of benzene rings is 5. The van der Waals surface area contributed by atoms with Gasteiger partial charge in [0.25, 0.3) is 0 Å². The van der Waals surface area contributed by atoms with Crippen molar-refractivity contribution in [1.82, 2.24) is 0 Å². The Morgan fingerprint density at radius 1 is 0.429 bits per heavy atom. The van der Waals surface area contributed by atoms with Crippen LogP contribution in [0.15, 0.2) is 97.1 Å². The Balaban J connectivity index is 1.10. The first-order valence-electron chi connectivity index (χ1n) is 20.3. The van der Waals surface area contributed by atoms with E-state index in [0.29, 0.717) is 6.42 Å². The molecule has 5 aromatic rings. The highest BCUT2D eigenvalue weighted by Gasteiger charge is 2.65. The van der Waals surface area contributed by atoms with E-state index >= 15 is 0 Å². The quantitative estimate of drug-likeness (QED) is 0.168. The van der Waals surface area contributed by atoms with E-state index in [0.717, 1.165) is 5.46 Å². The van der Waals surface area contributed by atoms with Crippen LogP contribution in [0.4, 0.5) is 0 Å². The summed E-state index contributed by atoms with van der Waals surface area (Å²) in [5.41, 5.74) is 8.87. The smallest absolute Gasteiger partial charge is 0.405 e. The first-order chi connectivity index (χ1) is 26.3. The number of fused-ring (bicyclic) bond motifs is 11. The van der Waals surface area contributed by atoms with E-state index in [4.69, 9.17) is 27.9 Å². The second-order valence-electron chi connectivity index (χ2n) is 19.4. The zero-order valence-electron chi connectivity index (χ0n) is 34.6. The molecule has 2 unspecified atom stereocenters. The normalized spacial score (nSPS) is 26.9. The molecule has 3 aliphatic heterocycles. The van der Waals surface area contributed by atoms with Crippen molar-refractivity contribution in [3.63, 3.8) is 0 Å². The molecule has 3 heterocycles. The van der Waals surface area contributed by atoms with E-state index in [9.17, 15) is 0 Å². The van der Waals surface area contributed by atoms with Crippen LogP contribution in [0.5, 0.6) is 0 Å². The van der Waals surface area contributed by atoms with Crippen molar-refractivity contribution in [1.29, 1.82) is 0 Å². The molecule has 0 saturated carbocycles. The third-order valence-corrected chi connectivity index (χ3v) is 14.8. The molecule has 2 aliphatic carbocycles. The zero-order chi connectivity index (χ0) is 39.4. The van der Waals surface area contributed by atoms with Crippen LogP contribution >= 0.6 is 0 Å². The molecule has 1 spiro atoms.